The third-order valence-electron chi connectivity index (χ3n) is 5.97. The quantitative estimate of drug-likeness (QED) is 0.877. The van der Waals surface area contributed by atoms with Gasteiger partial charge in [0, 0.05) is 36.2 Å². The van der Waals surface area contributed by atoms with E-state index in [9.17, 15) is 14.7 Å². The minimum Gasteiger partial charge on any atom is -0.550 e. The van der Waals surface area contributed by atoms with E-state index in [2.05, 4.69) is 31.4 Å². The van der Waals surface area contributed by atoms with E-state index in [4.69, 9.17) is 0 Å². The molecule has 5 heteroatoms. The summed E-state index contributed by atoms with van der Waals surface area (Å²) in [7, 11) is 0. The molecule has 2 N–H and O–H groups in total. The van der Waals surface area contributed by atoms with Crippen molar-refractivity contribution in [3.8, 4) is 0 Å². The Morgan fingerprint density at radius 3 is 2.80 bits per heavy atom. The zero-order valence-electron chi connectivity index (χ0n) is 15.2. The molecule has 0 bridgehead atoms. The van der Waals surface area contributed by atoms with E-state index in [0.29, 0.717) is 17.5 Å². The SMILES string of the molecule is C[C@H]1CC[C@H]2[C@@H](C1)Nc1ccc(C(=O)NCCC(=O)[O-])cc1C2(C)C. The van der Waals surface area contributed by atoms with Crippen LogP contribution in [0, 0.1) is 11.8 Å². The summed E-state index contributed by atoms with van der Waals surface area (Å²) in [5.41, 5.74) is 2.88. The van der Waals surface area contributed by atoms with E-state index in [1.54, 1.807) is 0 Å². The van der Waals surface area contributed by atoms with Crippen LogP contribution in [-0.4, -0.2) is 24.5 Å². The number of benzene rings is 1. The predicted octanol–water partition coefficient (Wildman–Crippen LogP) is 2.06. The molecule has 136 valence electrons. The molecule has 5 nitrogen and oxygen atoms in total. The van der Waals surface area contributed by atoms with Gasteiger partial charge in [-0.15, -0.1) is 0 Å². The second-order valence-electron chi connectivity index (χ2n) is 8.14. The number of aliphatic carboxylic acids is 1. The minimum absolute atomic E-state index is 0.00661. The van der Waals surface area contributed by atoms with Crippen LogP contribution in [0.25, 0.3) is 0 Å². The van der Waals surface area contributed by atoms with Crippen molar-refractivity contribution in [2.45, 2.75) is 57.9 Å². The van der Waals surface area contributed by atoms with Crippen molar-refractivity contribution in [2.24, 2.45) is 11.8 Å². The monoisotopic (exact) mass is 343 g/mol. The molecule has 0 unspecified atom stereocenters. The summed E-state index contributed by atoms with van der Waals surface area (Å²) in [4.78, 5) is 22.8. The number of carbonyl (C=O) groups is 2. The average Bonchev–Trinajstić information content (AvgIpc) is 2.53. The lowest BCUT2D eigenvalue weighted by Gasteiger charge is -2.50. The Bertz CT molecular complexity index is 684. The van der Waals surface area contributed by atoms with Crippen molar-refractivity contribution in [3.05, 3.63) is 29.3 Å². The van der Waals surface area contributed by atoms with Crippen molar-refractivity contribution in [1.29, 1.82) is 0 Å². The Morgan fingerprint density at radius 1 is 1.32 bits per heavy atom. The smallest absolute Gasteiger partial charge is 0.251 e. The van der Waals surface area contributed by atoms with Crippen LogP contribution in [0.2, 0.25) is 0 Å². The van der Waals surface area contributed by atoms with Crippen molar-refractivity contribution >= 4 is 17.6 Å². The molecule has 3 rings (SSSR count). The standard InChI is InChI=1S/C20H28N2O3/c1-12-4-6-14-17(10-12)22-16-7-5-13(11-15(16)20(14,2)3)19(25)21-9-8-18(23)24/h5,7,11-12,14,17,22H,4,6,8-10H2,1-3H3,(H,21,25)(H,23,24)/p-1/t12-,14-,17+/m0/s1. The molecule has 1 aliphatic heterocycles. The lowest BCUT2D eigenvalue weighted by Crippen LogP contribution is -2.49. The van der Waals surface area contributed by atoms with Crippen molar-refractivity contribution in [1.82, 2.24) is 5.32 Å². The number of hydrogen-bond donors (Lipinski definition) is 2. The molecule has 3 atom stereocenters. The van der Waals surface area contributed by atoms with Gasteiger partial charge in [-0.1, -0.05) is 27.2 Å². The maximum atomic E-state index is 12.3. The summed E-state index contributed by atoms with van der Waals surface area (Å²) in [6, 6.07) is 6.25. The molecule has 1 amide bonds. The van der Waals surface area contributed by atoms with E-state index in [1.165, 1.54) is 24.8 Å². The second kappa shape index (κ2) is 6.70. The van der Waals surface area contributed by atoms with Crippen LogP contribution in [0.1, 0.15) is 62.4 Å². The highest BCUT2D eigenvalue weighted by atomic mass is 16.4. The molecule has 1 aromatic carbocycles. The van der Waals surface area contributed by atoms with Crippen LogP contribution in [0.4, 0.5) is 5.69 Å². The first-order valence-corrected chi connectivity index (χ1v) is 9.18. The van der Waals surface area contributed by atoms with Gasteiger partial charge in [-0.25, -0.2) is 0 Å². The molecular formula is C20H27N2O3-. The number of amides is 1. The molecule has 2 aliphatic rings. The maximum Gasteiger partial charge on any atom is 0.251 e. The molecule has 0 aromatic heterocycles. The van der Waals surface area contributed by atoms with E-state index in [-0.39, 0.29) is 24.3 Å². The molecule has 0 saturated heterocycles. The molecule has 1 saturated carbocycles. The number of nitrogens with one attached hydrogen (secondary N) is 2. The van der Waals surface area contributed by atoms with Crippen LogP contribution in [0.15, 0.2) is 18.2 Å². The lowest BCUT2D eigenvalue weighted by atomic mass is 9.61. The van der Waals surface area contributed by atoms with Gasteiger partial charge in [0.15, 0.2) is 0 Å². The van der Waals surface area contributed by atoms with Crippen LogP contribution in [0.3, 0.4) is 0 Å². The van der Waals surface area contributed by atoms with E-state index in [1.807, 2.05) is 18.2 Å². The van der Waals surface area contributed by atoms with E-state index in [0.717, 1.165) is 11.6 Å². The van der Waals surface area contributed by atoms with Crippen molar-refractivity contribution in [3.63, 3.8) is 0 Å². The number of hydrogen-bond acceptors (Lipinski definition) is 4. The highest BCUT2D eigenvalue weighted by molar-refractivity contribution is 5.95. The lowest BCUT2D eigenvalue weighted by molar-refractivity contribution is -0.305. The fourth-order valence-corrected chi connectivity index (χ4v) is 4.53. The maximum absolute atomic E-state index is 12.3. The van der Waals surface area contributed by atoms with Gasteiger partial charge in [-0.05, 0) is 53.9 Å². The van der Waals surface area contributed by atoms with Gasteiger partial charge in [0.2, 0.25) is 0 Å². The summed E-state index contributed by atoms with van der Waals surface area (Å²) in [6.45, 7) is 6.96. The normalized spacial score (nSPS) is 26.8. The second-order valence-corrected chi connectivity index (χ2v) is 8.14. The van der Waals surface area contributed by atoms with Gasteiger partial charge in [-0.2, -0.15) is 0 Å². The fourth-order valence-electron chi connectivity index (χ4n) is 4.53. The molecule has 1 aliphatic carbocycles. The minimum atomic E-state index is -1.16. The predicted molar refractivity (Wildman–Crippen MR) is 95.3 cm³/mol. The number of rotatable bonds is 4. The van der Waals surface area contributed by atoms with Gasteiger partial charge < -0.3 is 20.5 Å². The summed E-state index contributed by atoms with van der Waals surface area (Å²) in [5, 5.41) is 16.8. The highest BCUT2D eigenvalue weighted by Crippen LogP contribution is 2.49. The van der Waals surface area contributed by atoms with Crippen LogP contribution in [-0.2, 0) is 10.2 Å². The van der Waals surface area contributed by atoms with Gasteiger partial charge in [-0.3, -0.25) is 4.79 Å². The molecule has 25 heavy (non-hydrogen) atoms. The number of carbonyl (C=O) groups excluding carboxylic acids is 2. The van der Waals surface area contributed by atoms with Crippen LogP contribution >= 0.6 is 0 Å². The zero-order chi connectivity index (χ0) is 18.2. The highest BCUT2D eigenvalue weighted by Gasteiger charge is 2.44. The Morgan fingerprint density at radius 2 is 2.08 bits per heavy atom. The zero-order valence-corrected chi connectivity index (χ0v) is 15.2. The third kappa shape index (κ3) is 3.51. The summed E-state index contributed by atoms with van der Waals surface area (Å²) in [6.07, 6.45) is 3.48. The first-order valence-electron chi connectivity index (χ1n) is 9.18. The first-order chi connectivity index (χ1) is 11.8. The molecule has 0 radical (unpaired) electrons. The Labute approximate surface area is 149 Å². The molecule has 1 fully saturated rings. The van der Waals surface area contributed by atoms with Gasteiger partial charge in [0.1, 0.15) is 0 Å². The Kier molecular flexibility index (Phi) is 4.76. The van der Waals surface area contributed by atoms with E-state index < -0.39 is 5.97 Å². The van der Waals surface area contributed by atoms with Gasteiger partial charge in [0.05, 0.1) is 0 Å². The number of anilines is 1. The molecule has 0 spiro atoms. The average molecular weight is 343 g/mol. The third-order valence-corrected chi connectivity index (χ3v) is 5.97. The van der Waals surface area contributed by atoms with Crippen LogP contribution < -0.4 is 15.7 Å². The van der Waals surface area contributed by atoms with E-state index >= 15 is 0 Å². The van der Waals surface area contributed by atoms with Crippen molar-refractivity contribution < 1.29 is 14.7 Å². The molecular weight excluding hydrogens is 316 g/mol. The number of carboxylic acid groups (broad SMARTS) is 1. The fraction of sp³-hybridized carbons (Fsp3) is 0.600. The summed E-state index contributed by atoms with van der Waals surface area (Å²) in [5.74, 6) is -0.0830. The number of fused-ring (bicyclic) bond motifs is 2. The first kappa shape index (κ1) is 17.8. The van der Waals surface area contributed by atoms with Gasteiger partial charge >= 0.3 is 0 Å². The topological polar surface area (TPSA) is 81.3 Å². The summed E-state index contributed by atoms with van der Waals surface area (Å²) < 4.78 is 0. The Hall–Kier alpha value is -2.04. The number of carboxylic acids is 1. The van der Waals surface area contributed by atoms with Gasteiger partial charge in [0.25, 0.3) is 5.91 Å². The molecule has 1 heterocycles. The molecule has 1 aromatic rings. The summed E-state index contributed by atoms with van der Waals surface area (Å²) >= 11 is 0. The Balaban J connectivity index is 1.82. The van der Waals surface area contributed by atoms with Crippen molar-refractivity contribution in [2.75, 3.05) is 11.9 Å². The largest absolute Gasteiger partial charge is 0.550 e. The van der Waals surface area contributed by atoms with Crippen LogP contribution in [0.5, 0.6) is 0 Å².